The number of nitrogens with zero attached hydrogens (tertiary/aromatic N) is 1. The van der Waals surface area contributed by atoms with Crippen LogP contribution in [0.25, 0.3) is 0 Å². The number of nitrogens with one attached hydrogen (secondary N) is 1. The Morgan fingerprint density at radius 2 is 2.12 bits per heavy atom. The number of ether oxygens (including phenoxy) is 1. The number of rotatable bonds is 3. The van der Waals surface area contributed by atoms with E-state index in [0.717, 1.165) is 30.7 Å². The van der Waals surface area contributed by atoms with Crippen LogP contribution in [0.3, 0.4) is 0 Å². The molecule has 0 aromatic heterocycles. The van der Waals surface area contributed by atoms with Gasteiger partial charge in [-0.25, -0.2) is 4.39 Å². The maximum Gasteiger partial charge on any atom is 0.257 e. The van der Waals surface area contributed by atoms with Crippen molar-refractivity contribution in [1.82, 2.24) is 4.90 Å². The highest BCUT2D eigenvalue weighted by Gasteiger charge is 2.35. The van der Waals surface area contributed by atoms with Gasteiger partial charge in [0.2, 0.25) is 0 Å². The van der Waals surface area contributed by atoms with Gasteiger partial charge in [0, 0.05) is 18.8 Å². The molecule has 2 atom stereocenters. The molecule has 1 fully saturated rings. The minimum atomic E-state index is -0.358. The average Bonchev–Trinajstić information content (AvgIpc) is 3.13. The normalized spacial score (nSPS) is 22.6. The molecule has 6 heteroatoms. The van der Waals surface area contributed by atoms with Crippen molar-refractivity contribution in [1.29, 1.82) is 0 Å². The van der Waals surface area contributed by atoms with E-state index in [0.29, 0.717) is 16.6 Å². The average molecular weight is 405 g/mol. The second kappa shape index (κ2) is 6.77. The minimum Gasteiger partial charge on any atom is -0.376 e. The Morgan fingerprint density at radius 3 is 2.88 bits per heavy atom. The van der Waals surface area contributed by atoms with Crippen LogP contribution in [0.15, 0.2) is 46.9 Å². The number of benzene rings is 2. The van der Waals surface area contributed by atoms with E-state index in [1.807, 2.05) is 24.3 Å². The van der Waals surface area contributed by atoms with E-state index in [-0.39, 0.29) is 24.0 Å². The molecule has 0 bridgehead atoms. The van der Waals surface area contributed by atoms with Crippen LogP contribution in [0, 0.1) is 5.82 Å². The summed E-state index contributed by atoms with van der Waals surface area (Å²) in [6.45, 7) is 1.25. The summed E-state index contributed by atoms with van der Waals surface area (Å²) in [6.07, 6.45) is 1.65. The van der Waals surface area contributed by atoms with Crippen LogP contribution in [-0.4, -0.2) is 30.1 Å². The molecular weight excluding hydrogens is 387 g/mol. The summed E-state index contributed by atoms with van der Waals surface area (Å²) in [4.78, 5) is 14.9. The number of halogens is 2. The summed E-state index contributed by atoms with van der Waals surface area (Å²) in [6, 6.07) is 12.3. The Balaban J connectivity index is 1.72. The van der Waals surface area contributed by atoms with Gasteiger partial charge in [0.25, 0.3) is 5.91 Å². The van der Waals surface area contributed by atoms with E-state index in [9.17, 15) is 9.18 Å². The molecule has 0 aliphatic carbocycles. The number of carbonyl (C=O) groups excluding carboxylic acids is 1. The lowest BCUT2D eigenvalue weighted by Gasteiger charge is -2.39. The van der Waals surface area contributed by atoms with Crippen LogP contribution in [0.1, 0.15) is 34.9 Å². The molecule has 1 saturated heterocycles. The predicted molar refractivity (Wildman–Crippen MR) is 96.9 cm³/mol. The fourth-order valence-electron chi connectivity index (χ4n) is 3.43. The fourth-order valence-corrected chi connectivity index (χ4v) is 3.83. The maximum atomic E-state index is 13.6. The lowest BCUT2D eigenvalue weighted by Crippen LogP contribution is -2.46. The SMILES string of the molecule is O=C1c2ccccc2N[C@@H](c2ccc(F)c(Br)c2)N1C[C@@H]1CCCO1. The van der Waals surface area contributed by atoms with Gasteiger partial charge < -0.3 is 15.0 Å². The highest BCUT2D eigenvalue weighted by molar-refractivity contribution is 9.10. The molecule has 4 nitrogen and oxygen atoms in total. The Kier molecular flexibility index (Phi) is 4.48. The fraction of sp³-hybridized carbons (Fsp3) is 0.316. The topological polar surface area (TPSA) is 41.6 Å². The van der Waals surface area contributed by atoms with E-state index in [1.54, 1.807) is 17.0 Å². The van der Waals surface area contributed by atoms with Crippen LogP contribution >= 0.6 is 15.9 Å². The minimum absolute atomic E-state index is 0.0321. The number of amides is 1. The first-order valence-corrected chi connectivity index (χ1v) is 9.16. The van der Waals surface area contributed by atoms with Crippen molar-refractivity contribution in [2.24, 2.45) is 0 Å². The molecule has 2 aromatic rings. The van der Waals surface area contributed by atoms with E-state index in [4.69, 9.17) is 4.74 Å². The first kappa shape index (κ1) is 16.5. The summed E-state index contributed by atoms with van der Waals surface area (Å²) >= 11 is 3.24. The number of para-hydroxylation sites is 1. The standard InChI is InChI=1S/C19H18BrFN2O2/c20-15-10-12(7-8-16(15)21)18-22-17-6-2-1-5-14(17)19(24)23(18)11-13-4-3-9-25-13/h1-2,5-8,10,13,18,22H,3-4,9,11H2/t13-,18+/m0/s1. The molecule has 2 aliphatic heterocycles. The molecular formula is C19H18BrFN2O2. The Bertz CT molecular complexity index is 808. The molecule has 1 N–H and O–H groups in total. The van der Waals surface area contributed by atoms with Crippen molar-refractivity contribution >= 4 is 27.5 Å². The zero-order valence-corrected chi connectivity index (χ0v) is 15.1. The van der Waals surface area contributed by atoms with Gasteiger partial charge in [-0.3, -0.25) is 4.79 Å². The van der Waals surface area contributed by atoms with Gasteiger partial charge in [-0.05, 0) is 58.6 Å². The molecule has 0 saturated carbocycles. The Hall–Kier alpha value is -1.92. The molecule has 2 aliphatic rings. The molecule has 4 rings (SSSR count). The monoisotopic (exact) mass is 404 g/mol. The van der Waals surface area contributed by atoms with Crippen molar-refractivity contribution < 1.29 is 13.9 Å². The number of hydrogen-bond acceptors (Lipinski definition) is 3. The van der Waals surface area contributed by atoms with Gasteiger partial charge in [0.15, 0.2) is 0 Å². The molecule has 1 amide bonds. The van der Waals surface area contributed by atoms with Crippen molar-refractivity contribution in [3.05, 3.63) is 63.9 Å². The molecule has 2 heterocycles. The second-order valence-corrected chi connectivity index (χ2v) is 7.21. The number of anilines is 1. The van der Waals surface area contributed by atoms with E-state index in [2.05, 4.69) is 21.2 Å². The Morgan fingerprint density at radius 1 is 1.28 bits per heavy atom. The molecule has 130 valence electrons. The summed E-state index contributed by atoms with van der Waals surface area (Å²) in [5.41, 5.74) is 2.27. The number of fused-ring (bicyclic) bond motifs is 1. The van der Waals surface area contributed by atoms with Crippen molar-refractivity contribution in [2.75, 3.05) is 18.5 Å². The molecule has 0 radical (unpaired) electrons. The van der Waals surface area contributed by atoms with Gasteiger partial charge in [-0.1, -0.05) is 18.2 Å². The van der Waals surface area contributed by atoms with Crippen LogP contribution in [0.5, 0.6) is 0 Å². The van der Waals surface area contributed by atoms with Crippen molar-refractivity contribution in [3.63, 3.8) is 0 Å². The number of hydrogen-bond donors (Lipinski definition) is 1. The quantitative estimate of drug-likeness (QED) is 0.827. The van der Waals surface area contributed by atoms with Gasteiger partial charge in [-0.2, -0.15) is 0 Å². The van der Waals surface area contributed by atoms with Crippen LogP contribution in [0.2, 0.25) is 0 Å². The summed E-state index contributed by atoms with van der Waals surface area (Å²) < 4.78 is 19.8. The lowest BCUT2D eigenvalue weighted by atomic mass is 10.0. The predicted octanol–water partition coefficient (Wildman–Crippen LogP) is 4.33. The van der Waals surface area contributed by atoms with Crippen LogP contribution in [-0.2, 0) is 4.74 Å². The van der Waals surface area contributed by atoms with E-state index >= 15 is 0 Å². The first-order valence-electron chi connectivity index (χ1n) is 8.36. The van der Waals surface area contributed by atoms with Gasteiger partial charge in [0.05, 0.1) is 16.1 Å². The van der Waals surface area contributed by atoms with E-state index < -0.39 is 0 Å². The zero-order valence-electron chi connectivity index (χ0n) is 13.5. The van der Waals surface area contributed by atoms with Crippen LogP contribution in [0.4, 0.5) is 10.1 Å². The summed E-state index contributed by atoms with van der Waals surface area (Å²) in [5.74, 6) is -0.354. The smallest absolute Gasteiger partial charge is 0.257 e. The summed E-state index contributed by atoms with van der Waals surface area (Å²) in [5, 5.41) is 3.42. The Labute approximate surface area is 154 Å². The second-order valence-electron chi connectivity index (χ2n) is 6.36. The third kappa shape index (κ3) is 3.16. The number of carbonyl (C=O) groups is 1. The third-order valence-corrected chi connectivity index (χ3v) is 5.31. The lowest BCUT2D eigenvalue weighted by molar-refractivity contribution is 0.0427. The largest absolute Gasteiger partial charge is 0.376 e. The molecule has 0 unspecified atom stereocenters. The van der Waals surface area contributed by atoms with Crippen molar-refractivity contribution in [2.45, 2.75) is 25.1 Å². The van der Waals surface area contributed by atoms with E-state index in [1.165, 1.54) is 6.07 Å². The third-order valence-electron chi connectivity index (χ3n) is 4.71. The highest BCUT2D eigenvalue weighted by atomic mass is 79.9. The molecule has 0 spiro atoms. The maximum absolute atomic E-state index is 13.6. The summed E-state index contributed by atoms with van der Waals surface area (Å²) in [7, 11) is 0. The molecule has 2 aromatic carbocycles. The van der Waals surface area contributed by atoms with Gasteiger partial charge in [0.1, 0.15) is 12.0 Å². The molecule has 25 heavy (non-hydrogen) atoms. The van der Waals surface area contributed by atoms with Gasteiger partial charge in [-0.15, -0.1) is 0 Å². The zero-order chi connectivity index (χ0) is 17.4. The highest BCUT2D eigenvalue weighted by Crippen LogP contribution is 2.35. The first-order chi connectivity index (χ1) is 12.1. The van der Waals surface area contributed by atoms with Gasteiger partial charge >= 0.3 is 0 Å². The van der Waals surface area contributed by atoms with Crippen LogP contribution < -0.4 is 5.32 Å². The van der Waals surface area contributed by atoms with Crippen molar-refractivity contribution in [3.8, 4) is 0 Å².